The first-order chi connectivity index (χ1) is 12.1. The standard InChI is InChI=1S/C18H17N5OS/c1-10(2)23-17(20-11(3)22-23)18-21-16-13-5-4-12(9-19)8-14(13)24-7-6-15(16)25-18/h4-5,8,10H,6-7H2,1-3H3. The number of hydrogen-bond donors (Lipinski definition) is 0. The zero-order valence-corrected chi connectivity index (χ0v) is 15.1. The molecule has 0 saturated carbocycles. The Balaban J connectivity index is 1.86. The Bertz CT molecular complexity index is 996. The van der Waals surface area contributed by atoms with Gasteiger partial charge in [0.15, 0.2) is 10.8 Å². The van der Waals surface area contributed by atoms with Crippen molar-refractivity contribution in [2.45, 2.75) is 33.2 Å². The van der Waals surface area contributed by atoms with Gasteiger partial charge in [-0.05, 0) is 39.0 Å². The average Bonchev–Trinajstić information content (AvgIpc) is 3.14. The molecule has 2 aromatic heterocycles. The molecule has 0 unspecified atom stereocenters. The molecule has 0 aliphatic carbocycles. The Morgan fingerprint density at radius 3 is 2.92 bits per heavy atom. The number of thiazole rings is 1. The minimum Gasteiger partial charge on any atom is -0.492 e. The largest absolute Gasteiger partial charge is 0.492 e. The maximum absolute atomic E-state index is 9.11. The van der Waals surface area contributed by atoms with Crippen LogP contribution < -0.4 is 4.74 Å². The molecule has 3 heterocycles. The van der Waals surface area contributed by atoms with Gasteiger partial charge in [-0.3, -0.25) is 0 Å². The lowest BCUT2D eigenvalue weighted by Crippen LogP contribution is -2.05. The van der Waals surface area contributed by atoms with E-state index in [9.17, 15) is 0 Å². The maximum Gasteiger partial charge on any atom is 0.187 e. The minimum absolute atomic E-state index is 0.216. The Kier molecular flexibility index (Phi) is 3.77. The Morgan fingerprint density at radius 1 is 1.32 bits per heavy atom. The number of rotatable bonds is 2. The Morgan fingerprint density at radius 2 is 2.16 bits per heavy atom. The normalized spacial score (nSPS) is 12.9. The van der Waals surface area contributed by atoms with Crippen LogP contribution in [0.3, 0.4) is 0 Å². The van der Waals surface area contributed by atoms with Gasteiger partial charge in [-0.2, -0.15) is 10.4 Å². The van der Waals surface area contributed by atoms with E-state index in [1.54, 1.807) is 23.5 Å². The van der Waals surface area contributed by atoms with Gasteiger partial charge in [0.25, 0.3) is 0 Å². The van der Waals surface area contributed by atoms with E-state index in [-0.39, 0.29) is 6.04 Å². The summed E-state index contributed by atoms with van der Waals surface area (Å²) in [6, 6.07) is 7.87. The second kappa shape index (κ2) is 5.97. The molecule has 0 radical (unpaired) electrons. The van der Waals surface area contributed by atoms with Gasteiger partial charge in [0.2, 0.25) is 0 Å². The predicted octanol–water partition coefficient (Wildman–Crippen LogP) is 3.76. The topological polar surface area (TPSA) is 76.6 Å². The molecule has 0 bridgehead atoms. The van der Waals surface area contributed by atoms with Crippen LogP contribution in [0.1, 0.15) is 36.2 Å². The summed E-state index contributed by atoms with van der Waals surface area (Å²) >= 11 is 1.64. The van der Waals surface area contributed by atoms with Crippen molar-refractivity contribution in [1.82, 2.24) is 19.7 Å². The highest BCUT2D eigenvalue weighted by atomic mass is 32.1. The van der Waals surface area contributed by atoms with Crippen LogP contribution in [0.4, 0.5) is 0 Å². The van der Waals surface area contributed by atoms with Gasteiger partial charge in [-0.15, -0.1) is 11.3 Å². The van der Waals surface area contributed by atoms with Crippen molar-refractivity contribution in [3.63, 3.8) is 0 Å². The molecule has 1 aliphatic rings. The van der Waals surface area contributed by atoms with Gasteiger partial charge in [0.1, 0.15) is 11.6 Å². The third kappa shape index (κ3) is 2.68. The lowest BCUT2D eigenvalue weighted by molar-refractivity contribution is 0.327. The zero-order chi connectivity index (χ0) is 17.6. The third-order valence-corrected chi connectivity index (χ3v) is 5.18. The Labute approximate surface area is 149 Å². The number of fused-ring (bicyclic) bond motifs is 3. The van der Waals surface area contributed by atoms with Crippen molar-refractivity contribution >= 4 is 11.3 Å². The van der Waals surface area contributed by atoms with E-state index in [0.717, 1.165) is 40.1 Å². The van der Waals surface area contributed by atoms with Crippen LogP contribution in [0.2, 0.25) is 0 Å². The summed E-state index contributed by atoms with van der Waals surface area (Å²) in [6.07, 6.45) is 0.790. The average molecular weight is 351 g/mol. The smallest absolute Gasteiger partial charge is 0.187 e. The van der Waals surface area contributed by atoms with E-state index < -0.39 is 0 Å². The summed E-state index contributed by atoms with van der Waals surface area (Å²) in [7, 11) is 0. The van der Waals surface area contributed by atoms with Gasteiger partial charge in [0, 0.05) is 22.9 Å². The number of aryl methyl sites for hydroxylation is 1. The van der Waals surface area contributed by atoms with Crippen LogP contribution in [0.25, 0.3) is 22.1 Å². The first-order valence-corrected chi connectivity index (χ1v) is 8.99. The van der Waals surface area contributed by atoms with Crippen LogP contribution in [0.15, 0.2) is 18.2 Å². The van der Waals surface area contributed by atoms with Crippen molar-refractivity contribution in [1.29, 1.82) is 5.26 Å². The van der Waals surface area contributed by atoms with Crippen LogP contribution in [-0.2, 0) is 6.42 Å². The molecule has 4 rings (SSSR count). The highest BCUT2D eigenvalue weighted by Crippen LogP contribution is 2.40. The summed E-state index contributed by atoms with van der Waals surface area (Å²) in [5, 5.41) is 14.5. The van der Waals surface area contributed by atoms with Gasteiger partial charge in [-0.25, -0.2) is 14.6 Å². The number of ether oxygens (including phenoxy) is 1. The molecular weight excluding hydrogens is 334 g/mol. The van der Waals surface area contributed by atoms with Gasteiger partial charge < -0.3 is 4.74 Å². The summed E-state index contributed by atoms with van der Waals surface area (Å²) < 4.78 is 7.75. The number of nitriles is 1. The van der Waals surface area contributed by atoms with Crippen molar-refractivity contribution in [2.75, 3.05) is 6.61 Å². The number of nitrogens with zero attached hydrogens (tertiary/aromatic N) is 5. The van der Waals surface area contributed by atoms with Crippen LogP contribution in [0, 0.1) is 18.3 Å². The van der Waals surface area contributed by atoms with Crippen molar-refractivity contribution in [3.8, 4) is 33.9 Å². The van der Waals surface area contributed by atoms with Crippen LogP contribution >= 0.6 is 11.3 Å². The molecule has 0 N–H and O–H groups in total. The molecule has 7 heteroatoms. The fourth-order valence-corrected chi connectivity index (χ4v) is 3.96. The minimum atomic E-state index is 0.216. The second-order valence-corrected chi connectivity index (χ2v) is 7.32. The summed E-state index contributed by atoms with van der Waals surface area (Å²) in [5.74, 6) is 2.27. The van der Waals surface area contributed by atoms with Crippen LogP contribution in [-0.4, -0.2) is 26.4 Å². The fraction of sp³-hybridized carbons (Fsp3) is 0.333. The highest BCUT2D eigenvalue weighted by molar-refractivity contribution is 7.15. The van der Waals surface area contributed by atoms with Gasteiger partial charge >= 0.3 is 0 Å². The van der Waals surface area contributed by atoms with Crippen LogP contribution in [0.5, 0.6) is 5.75 Å². The molecule has 0 amide bonds. The zero-order valence-electron chi connectivity index (χ0n) is 14.3. The van der Waals surface area contributed by atoms with E-state index >= 15 is 0 Å². The molecule has 0 spiro atoms. The second-order valence-electron chi connectivity index (χ2n) is 6.23. The molecule has 0 fully saturated rings. The Hall–Kier alpha value is -2.72. The molecule has 0 atom stereocenters. The molecule has 3 aromatic rings. The van der Waals surface area contributed by atoms with Crippen molar-refractivity contribution in [3.05, 3.63) is 34.5 Å². The monoisotopic (exact) mass is 351 g/mol. The number of hydrogen-bond acceptors (Lipinski definition) is 6. The summed E-state index contributed by atoms with van der Waals surface area (Å²) in [4.78, 5) is 10.6. The molecule has 6 nitrogen and oxygen atoms in total. The van der Waals surface area contributed by atoms with E-state index in [4.69, 9.17) is 15.0 Å². The fourth-order valence-electron chi connectivity index (χ4n) is 2.92. The molecule has 126 valence electrons. The molecule has 0 saturated heterocycles. The van der Waals surface area contributed by atoms with E-state index in [1.165, 1.54) is 4.88 Å². The maximum atomic E-state index is 9.11. The van der Waals surface area contributed by atoms with Gasteiger partial charge in [0.05, 0.1) is 23.9 Å². The molecule has 1 aromatic carbocycles. The van der Waals surface area contributed by atoms with Crippen molar-refractivity contribution in [2.24, 2.45) is 0 Å². The lowest BCUT2D eigenvalue weighted by Gasteiger charge is -2.08. The van der Waals surface area contributed by atoms with Gasteiger partial charge in [-0.1, -0.05) is 0 Å². The first-order valence-electron chi connectivity index (χ1n) is 8.17. The van der Waals surface area contributed by atoms with E-state index in [2.05, 4.69) is 30.0 Å². The van der Waals surface area contributed by atoms with E-state index in [1.807, 2.05) is 17.7 Å². The molecular formula is C18H17N5OS. The van der Waals surface area contributed by atoms with E-state index in [0.29, 0.717) is 12.2 Å². The summed E-state index contributed by atoms with van der Waals surface area (Å²) in [5.41, 5.74) is 2.45. The number of benzene rings is 1. The molecule has 25 heavy (non-hydrogen) atoms. The lowest BCUT2D eigenvalue weighted by atomic mass is 10.1. The van der Waals surface area contributed by atoms with Crippen molar-refractivity contribution < 1.29 is 4.74 Å². The predicted molar refractivity (Wildman–Crippen MR) is 95.6 cm³/mol. The SMILES string of the molecule is Cc1nc(-c2nc3c(s2)CCOc2cc(C#N)ccc2-3)n(C(C)C)n1. The highest BCUT2D eigenvalue weighted by Gasteiger charge is 2.24. The molecule has 1 aliphatic heterocycles. The first kappa shape index (κ1) is 15.8. The third-order valence-electron chi connectivity index (χ3n) is 4.07. The summed E-state index contributed by atoms with van der Waals surface area (Å²) in [6.45, 7) is 6.64. The number of aromatic nitrogens is 4. The quantitative estimate of drug-likeness (QED) is 0.702.